The van der Waals surface area contributed by atoms with Crippen LogP contribution in [-0.2, 0) is 17.1 Å². The molecule has 0 N–H and O–H groups in total. The minimum Gasteiger partial charge on any atom is -0.462 e. The summed E-state index contributed by atoms with van der Waals surface area (Å²) in [6.07, 6.45) is -9.65. The number of benzene rings is 1. The number of hydrogen-bond acceptors (Lipinski definition) is 3. The number of carbonyl (C=O) groups excluding carboxylic acids is 1. The summed E-state index contributed by atoms with van der Waals surface area (Å²) in [6, 6.07) is 3.62. The first-order chi connectivity index (χ1) is 11.5. The molecule has 136 valence electrons. The van der Waals surface area contributed by atoms with Crippen LogP contribution < -0.4 is 0 Å². The Hall–Kier alpha value is -2.52. The van der Waals surface area contributed by atoms with Gasteiger partial charge in [0.25, 0.3) is 0 Å². The fraction of sp³-hybridized carbons (Fsp3) is 0.333. The van der Waals surface area contributed by atoms with E-state index in [4.69, 9.17) is 0 Å². The van der Waals surface area contributed by atoms with Gasteiger partial charge in [-0.25, -0.2) is 9.48 Å². The lowest BCUT2D eigenvalue weighted by molar-refractivity contribution is -0.142. The zero-order valence-electron chi connectivity index (χ0n) is 13.0. The predicted molar refractivity (Wildman–Crippen MR) is 74.3 cm³/mol. The van der Waals surface area contributed by atoms with Crippen LogP contribution >= 0.6 is 0 Å². The van der Waals surface area contributed by atoms with Crippen LogP contribution in [0.15, 0.2) is 24.3 Å². The summed E-state index contributed by atoms with van der Waals surface area (Å²) in [6.45, 7) is 2.40. The molecule has 0 bridgehead atoms. The third-order valence-corrected chi connectivity index (χ3v) is 3.28. The molecule has 0 spiro atoms. The third kappa shape index (κ3) is 3.77. The number of nitrogens with zero attached hydrogens (tertiary/aromatic N) is 2. The molecule has 0 saturated carbocycles. The standard InChI is InChI=1S/C15H12F6N2O2/c1-3-25-13(24)11-8(2)23(22-12(11)15(19,20)21)10-6-4-5-9(7-10)14(16,17)18/h4-7H,3H2,1-2H3. The van der Waals surface area contributed by atoms with Crippen LogP contribution in [-0.4, -0.2) is 22.4 Å². The molecule has 25 heavy (non-hydrogen) atoms. The van der Waals surface area contributed by atoms with Crippen molar-refractivity contribution < 1.29 is 35.9 Å². The van der Waals surface area contributed by atoms with Crippen LogP contribution in [0.25, 0.3) is 5.69 Å². The van der Waals surface area contributed by atoms with Gasteiger partial charge in [0.05, 0.1) is 23.6 Å². The Morgan fingerprint density at radius 3 is 2.32 bits per heavy atom. The van der Waals surface area contributed by atoms with Crippen molar-refractivity contribution in [2.24, 2.45) is 0 Å². The number of aromatic nitrogens is 2. The van der Waals surface area contributed by atoms with E-state index in [1.54, 1.807) is 0 Å². The van der Waals surface area contributed by atoms with E-state index in [0.29, 0.717) is 10.7 Å². The van der Waals surface area contributed by atoms with Gasteiger partial charge >= 0.3 is 18.3 Å². The molecule has 0 aliphatic carbocycles. The molecule has 1 aromatic heterocycles. The van der Waals surface area contributed by atoms with Gasteiger partial charge in [0, 0.05) is 0 Å². The lowest BCUT2D eigenvalue weighted by Crippen LogP contribution is -2.15. The van der Waals surface area contributed by atoms with E-state index in [-0.39, 0.29) is 18.0 Å². The lowest BCUT2D eigenvalue weighted by Gasteiger charge is -2.10. The van der Waals surface area contributed by atoms with Crippen LogP contribution in [0.1, 0.15) is 34.2 Å². The number of ether oxygens (including phenoxy) is 1. The molecule has 0 fully saturated rings. The van der Waals surface area contributed by atoms with Gasteiger partial charge in [-0.15, -0.1) is 0 Å². The number of rotatable bonds is 3. The van der Waals surface area contributed by atoms with Crippen LogP contribution in [0.3, 0.4) is 0 Å². The van der Waals surface area contributed by atoms with Crippen molar-refractivity contribution in [2.75, 3.05) is 6.61 Å². The van der Waals surface area contributed by atoms with Crippen LogP contribution in [0, 0.1) is 6.92 Å². The summed E-state index contributed by atoms with van der Waals surface area (Å²) in [4.78, 5) is 11.8. The SMILES string of the molecule is CCOC(=O)c1c(C(F)(F)F)nn(-c2cccc(C(F)(F)F)c2)c1C. The molecule has 0 amide bonds. The average molecular weight is 366 g/mol. The van der Waals surface area contributed by atoms with Crippen LogP contribution in [0.5, 0.6) is 0 Å². The van der Waals surface area contributed by atoms with E-state index in [9.17, 15) is 31.1 Å². The summed E-state index contributed by atoms with van der Waals surface area (Å²) in [5, 5.41) is 3.30. The van der Waals surface area contributed by atoms with E-state index in [0.717, 1.165) is 25.1 Å². The van der Waals surface area contributed by atoms with Crippen molar-refractivity contribution in [2.45, 2.75) is 26.2 Å². The normalized spacial score (nSPS) is 12.3. The van der Waals surface area contributed by atoms with Crippen molar-refractivity contribution in [3.63, 3.8) is 0 Å². The zero-order valence-corrected chi connectivity index (χ0v) is 13.0. The minimum absolute atomic E-state index is 0.162. The second-order valence-electron chi connectivity index (χ2n) is 4.99. The van der Waals surface area contributed by atoms with Gasteiger partial charge in [0.15, 0.2) is 5.69 Å². The molecule has 1 heterocycles. The first kappa shape index (κ1) is 18.8. The number of esters is 1. The average Bonchev–Trinajstić information content (AvgIpc) is 2.84. The molecule has 10 heteroatoms. The van der Waals surface area contributed by atoms with Gasteiger partial charge in [0.2, 0.25) is 0 Å². The molecule has 2 aromatic rings. The number of halogens is 6. The summed E-state index contributed by atoms with van der Waals surface area (Å²) >= 11 is 0. The van der Waals surface area contributed by atoms with Gasteiger partial charge in [-0.05, 0) is 32.0 Å². The molecule has 2 rings (SSSR count). The van der Waals surface area contributed by atoms with Crippen molar-refractivity contribution in [3.05, 3.63) is 46.8 Å². The maximum atomic E-state index is 13.2. The second-order valence-corrected chi connectivity index (χ2v) is 4.99. The Morgan fingerprint density at radius 1 is 1.16 bits per heavy atom. The Balaban J connectivity index is 2.66. The van der Waals surface area contributed by atoms with Gasteiger partial charge in [0.1, 0.15) is 5.56 Å². The summed E-state index contributed by atoms with van der Waals surface area (Å²) in [5.41, 5.74) is -3.92. The van der Waals surface area contributed by atoms with E-state index in [1.165, 1.54) is 6.92 Å². The highest BCUT2D eigenvalue weighted by Crippen LogP contribution is 2.35. The van der Waals surface area contributed by atoms with Crippen molar-refractivity contribution in [1.29, 1.82) is 0 Å². The van der Waals surface area contributed by atoms with Crippen molar-refractivity contribution in [1.82, 2.24) is 9.78 Å². The molecular weight excluding hydrogens is 354 g/mol. The quantitative estimate of drug-likeness (QED) is 0.598. The highest BCUT2D eigenvalue weighted by atomic mass is 19.4. The van der Waals surface area contributed by atoms with Gasteiger partial charge in [-0.3, -0.25) is 0 Å². The number of carbonyl (C=O) groups is 1. The fourth-order valence-corrected chi connectivity index (χ4v) is 2.21. The van der Waals surface area contributed by atoms with E-state index in [1.807, 2.05) is 0 Å². The van der Waals surface area contributed by atoms with E-state index in [2.05, 4.69) is 9.84 Å². The Kier molecular flexibility index (Phi) is 4.83. The Morgan fingerprint density at radius 2 is 1.80 bits per heavy atom. The minimum atomic E-state index is -4.97. The zero-order chi connectivity index (χ0) is 19.0. The Bertz CT molecular complexity index is 792. The maximum absolute atomic E-state index is 13.2. The van der Waals surface area contributed by atoms with Crippen LogP contribution in [0.4, 0.5) is 26.3 Å². The molecule has 4 nitrogen and oxygen atoms in total. The van der Waals surface area contributed by atoms with Gasteiger partial charge in [-0.2, -0.15) is 31.4 Å². The second kappa shape index (κ2) is 6.41. The Labute approximate surface area is 138 Å². The third-order valence-electron chi connectivity index (χ3n) is 3.28. The van der Waals surface area contributed by atoms with E-state index < -0.39 is 35.1 Å². The highest BCUT2D eigenvalue weighted by molar-refractivity contribution is 5.92. The molecule has 0 aliphatic heterocycles. The first-order valence-electron chi connectivity index (χ1n) is 6.98. The molecule has 0 unspecified atom stereocenters. The first-order valence-corrected chi connectivity index (χ1v) is 6.98. The summed E-state index contributed by atoms with van der Waals surface area (Å²) < 4.78 is 83.1. The summed E-state index contributed by atoms with van der Waals surface area (Å²) in [5.74, 6) is -1.24. The molecule has 0 atom stereocenters. The highest BCUT2D eigenvalue weighted by Gasteiger charge is 2.41. The predicted octanol–water partition coefficient (Wildman–Crippen LogP) is 4.40. The fourth-order valence-electron chi connectivity index (χ4n) is 2.21. The molecule has 1 aromatic carbocycles. The topological polar surface area (TPSA) is 44.1 Å². The summed E-state index contributed by atoms with van der Waals surface area (Å²) in [7, 11) is 0. The van der Waals surface area contributed by atoms with Crippen molar-refractivity contribution in [3.8, 4) is 5.69 Å². The largest absolute Gasteiger partial charge is 0.462 e. The molecule has 0 radical (unpaired) electrons. The monoisotopic (exact) mass is 366 g/mol. The smallest absolute Gasteiger partial charge is 0.436 e. The van der Waals surface area contributed by atoms with Gasteiger partial charge in [-0.1, -0.05) is 6.07 Å². The lowest BCUT2D eigenvalue weighted by atomic mass is 10.1. The number of alkyl halides is 6. The van der Waals surface area contributed by atoms with Crippen molar-refractivity contribution >= 4 is 5.97 Å². The van der Waals surface area contributed by atoms with Gasteiger partial charge < -0.3 is 4.74 Å². The van der Waals surface area contributed by atoms with E-state index >= 15 is 0 Å². The van der Waals surface area contributed by atoms with Crippen LogP contribution in [0.2, 0.25) is 0 Å². The number of hydrogen-bond donors (Lipinski definition) is 0. The molecule has 0 saturated heterocycles. The molecule has 0 aliphatic rings. The maximum Gasteiger partial charge on any atom is 0.436 e. The molecular formula is C15H12F6N2O2.